The van der Waals surface area contributed by atoms with Crippen LogP contribution in [-0.4, -0.2) is 26.6 Å². The molecular weight excluding hydrogens is 384 g/mol. The SMILES string of the molecule is CC[C@H](NC(=O)[C@@H](C)N(c1ccccc1)S(C)(=O)=O)c1ccc2c(c1)CCCC2. The fraction of sp³-hybridized carbons (Fsp3) is 0.435. The van der Waals surface area contributed by atoms with Crippen LogP contribution in [0.1, 0.15) is 55.8 Å². The highest BCUT2D eigenvalue weighted by atomic mass is 32.2. The number of rotatable bonds is 7. The molecule has 1 amide bonds. The number of hydrogen-bond acceptors (Lipinski definition) is 3. The quantitative estimate of drug-likeness (QED) is 0.745. The van der Waals surface area contributed by atoms with Crippen LogP contribution in [0.3, 0.4) is 0 Å². The number of hydrogen-bond donors (Lipinski definition) is 1. The summed E-state index contributed by atoms with van der Waals surface area (Å²) < 4.78 is 26.0. The van der Waals surface area contributed by atoms with Crippen molar-refractivity contribution in [3.05, 3.63) is 65.2 Å². The van der Waals surface area contributed by atoms with Crippen LogP contribution in [0.4, 0.5) is 5.69 Å². The molecule has 0 saturated carbocycles. The van der Waals surface area contributed by atoms with Crippen molar-refractivity contribution < 1.29 is 13.2 Å². The van der Waals surface area contributed by atoms with Crippen LogP contribution >= 0.6 is 0 Å². The molecule has 2 aromatic carbocycles. The van der Waals surface area contributed by atoms with Crippen molar-refractivity contribution in [1.29, 1.82) is 0 Å². The van der Waals surface area contributed by atoms with Gasteiger partial charge in [-0.3, -0.25) is 9.10 Å². The van der Waals surface area contributed by atoms with Gasteiger partial charge in [0.25, 0.3) is 0 Å². The molecule has 1 aliphatic carbocycles. The van der Waals surface area contributed by atoms with Gasteiger partial charge in [-0.15, -0.1) is 0 Å². The molecule has 0 unspecified atom stereocenters. The zero-order chi connectivity index (χ0) is 21.0. The molecule has 1 N–H and O–H groups in total. The molecule has 2 aromatic rings. The number of fused-ring (bicyclic) bond motifs is 1. The summed E-state index contributed by atoms with van der Waals surface area (Å²) in [5.74, 6) is -0.302. The van der Waals surface area contributed by atoms with E-state index in [1.807, 2.05) is 13.0 Å². The molecule has 0 bridgehead atoms. The number of para-hydroxylation sites is 1. The molecule has 6 heteroatoms. The lowest BCUT2D eigenvalue weighted by Gasteiger charge is -2.30. The molecule has 0 fully saturated rings. The van der Waals surface area contributed by atoms with Gasteiger partial charge in [-0.05, 0) is 67.9 Å². The van der Waals surface area contributed by atoms with Gasteiger partial charge < -0.3 is 5.32 Å². The van der Waals surface area contributed by atoms with Crippen LogP contribution in [0.2, 0.25) is 0 Å². The highest BCUT2D eigenvalue weighted by molar-refractivity contribution is 7.92. The molecule has 1 aliphatic rings. The fourth-order valence-corrected chi connectivity index (χ4v) is 5.24. The first kappa shape index (κ1) is 21.4. The first-order chi connectivity index (χ1) is 13.8. The molecule has 0 spiro atoms. The van der Waals surface area contributed by atoms with E-state index in [4.69, 9.17) is 0 Å². The smallest absolute Gasteiger partial charge is 0.244 e. The van der Waals surface area contributed by atoms with Crippen LogP contribution in [0.25, 0.3) is 0 Å². The fourth-order valence-electron chi connectivity index (χ4n) is 4.07. The third-order valence-electron chi connectivity index (χ3n) is 5.60. The summed E-state index contributed by atoms with van der Waals surface area (Å²) in [5.41, 5.74) is 4.34. The summed E-state index contributed by atoms with van der Waals surface area (Å²) in [6, 6.07) is 14.2. The van der Waals surface area contributed by atoms with Gasteiger partial charge in [-0.25, -0.2) is 8.42 Å². The summed E-state index contributed by atoms with van der Waals surface area (Å²) in [5, 5.41) is 3.07. The maximum atomic E-state index is 13.0. The van der Waals surface area contributed by atoms with E-state index in [0.717, 1.165) is 31.1 Å². The largest absolute Gasteiger partial charge is 0.347 e. The Kier molecular flexibility index (Phi) is 6.63. The molecule has 5 nitrogen and oxygen atoms in total. The Balaban J connectivity index is 1.81. The van der Waals surface area contributed by atoms with Crippen molar-refractivity contribution in [3.63, 3.8) is 0 Å². The van der Waals surface area contributed by atoms with Gasteiger partial charge in [0.2, 0.25) is 15.9 Å². The topological polar surface area (TPSA) is 66.5 Å². The molecule has 0 heterocycles. The first-order valence-corrected chi connectivity index (χ1v) is 12.1. The average molecular weight is 415 g/mol. The molecule has 0 aromatic heterocycles. The van der Waals surface area contributed by atoms with Crippen LogP contribution in [0, 0.1) is 0 Å². The van der Waals surface area contributed by atoms with Gasteiger partial charge in [-0.1, -0.05) is 43.3 Å². The van der Waals surface area contributed by atoms with E-state index in [2.05, 4.69) is 23.5 Å². The Labute approximate surface area is 174 Å². The zero-order valence-electron chi connectivity index (χ0n) is 17.4. The average Bonchev–Trinajstić information content (AvgIpc) is 2.71. The molecule has 0 saturated heterocycles. The van der Waals surface area contributed by atoms with Crippen LogP contribution in [-0.2, 0) is 27.7 Å². The third-order valence-corrected chi connectivity index (χ3v) is 6.84. The van der Waals surface area contributed by atoms with E-state index in [0.29, 0.717) is 5.69 Å². The van der Waals surface area contributed by atoms with E-state index in [1.165, 1.54) is 28.3 Å². The van der Waals surface area contributed by atoms with Crippen LogP contribution < -0.4 is 9.62 Å². The van der Waals surface area contributed by atoms with Crippen molar-refractivity contribution in [1.82, 2.24) is 5.32 Å². The van der Waals surface area contributed by atoms with Gasteiger partial charge in [0, 0.05) is 0 Å². The van der Waals surface area contributed by atoms with E-state index in [9.17, 15) is 13.2 Å². The van der Waals surface area contributed by atoms with E-state index >= 15 is 0 Å². The molecule has 29 heavy (non-hydrogen) atoms. The lowest BCUT2D eigenvalue weighted by molar-refractivity contribution is -0.122. The Bertz CT molecular complexity index is 957. The van der Waals surface area contributed by atoms with Crippen LogP contribution in [0.15, 0.2) is 48.5 Å². The van der Waals surface area contributed by atoms with Gasteiger partial charge in [0.15, 0.2) is 0 Å². The lowest BCUT2D eigenvalue weighted by atomic mass is 9.88. The second-order valence-electron chi connectivity index (χ2n) is 7.78. The number of amides is 1. The minimum absolute atomic E-state index is 0.144. The van der Waals surface area contributed by atoms with Crippen molar-refractivity contribution in [2.45, 2.75) is 58.0 Å². The minimum Gasteiger partial charge on any atom is -0.347 e. The summed E-state index contributed by atoms with van der Waals surface area (Å²) in [4.78, 5) is 13.0. The Morgan fingerprint density at radius 1 is 1.07 bits per heavy atom. The highest BCUT2D eigenvalue weighted by Crippen LogP contribution is 2.27. The van der Waals surface area contributed by atoms with Gasteiger partial charge >= 0.3 is 0 Å². The Hall–Kier alpha value is -2.34. The van der Waals surface area contributed by atoms with Gasteiger partial charge in [-0.2, -0.15) is 0 Å². The molecule has 0 radical (unpaired) electrons. The molecule has 156 valence electrons. The Morgan fingerprint density at radius 2 is 1.72 bits per heavy atom. The lowest BCUT2D eigenvalue weighted by Crippen LogP contribution is -2.48. The predicted molar refractivity (Wildman–Crippen MR) is 117 cm³/mol. The number of benzene rings is 2. The highest BCUT2D eigenvalue weighted by Gasteiger charge is 2.30. The summed E-state index contributed by atoms with van der Waals surface area (Å²) in [6.45, 7) is 3.66. The van der Waals surface area contributed by atoms with Crippen molar-refractivity contribution in [3.8, 4) is 0 Å². The van der Waals surface area contributed by atoms with Crippen molar-refractivity contribution in [2.75, 3.05) is 10.6 Å². The predicted octanol–water partition coefficient (Wildman–Crippen LogP) is 3.99. The van der Waals surface area contributed by atoms with E-state index < -0.39 is 16.1 Å². The standard InChI is InChI=1S/C23H30N2O3S/c1-4-22(20-15-14-18-10-8-9-11-19(18)16-20)24-23(26)17(2)25(29(3,27)28)21-12-6-5-7-13-21/h5-7,12-17,22H,4,8-11H2,1-3H3,(H,24,26)/t17-,22+/m1/s1. The molecule has 0 aliphatic heterocycles. The summed E-state index contributed by atoms with van der Waals surface area (Å²) in [6.07, 6.45) is 6.51. The summed E-state index contributed by atoms with van der Waals surface area (Å²) >= 11 is 0. The van der Waals surface area contributed by atoms with Gasteiger partial charge in [0.05, 0.1) is 18.0 Å². The van der Waals surface area contributed by atoms with E-state index in [1.54, 1.807) is 31.2 Å². The second-order valence-corrected chi connectivity index (χ2v) is 9.63. The molecule has 2 atom stereocenters. The second kappa shape index (κ2) is 8.99. The number of carbonyl (C=O) groups is 1. The minimum atomic E-state index is -3.61. The number of aryl methyl sites for hydroxylation is 2. The molecule has 3 rings (SSSR count). The van der Waals surface area contributed by atoms with Crippen molar-refractivity contribution in [2.24, 2.45) is 0 Å². The number of anilines is 1. The Morgan fingerprint density at radius 3 is 2.34 bits per heavy atom. The number of nitrogens with zero attached hydrogens (tertiary/aromatic N) is 1. The van der Waals surface area contributed by atoms with Gasteiger partial charge in [0.1, 0.15) is 6.04 Å². The number of carbonyl (C=O) groups excluding carboxylic acids is 1. The van der Waals surface area contributed by atoms with Crippen LogP contribution in [0.5, 0.6) is 0 Å². The van der Waals surface area contributed by atoms with E-state index in [-0.39, 0.29) is 11.9 Å². The molecular formula is C23H30N2O3S. The third kappa shape index (κ3) is 4.99. The maximum Gasteiger partial charge on any atom is 0.244 e. The number of nitrogens with one attached hydrogen (secondary N) is 1. The normalized spacial score (nSPS) is 15.8. The summed E-state index contributed by atoms with van der Waals surface area (Å²) in [7, 11) is -3.61. The zero-order valence-corrected chi connectivity index (χ0v) is 18.2. The number of sulfonamides is 1. The monoisotopic (exact) mass is 414 g/mol. The van der Waals surface area contributed by atoms with Crippen molar-refractivity contribution >= 4 is 21.6 Å². The first-order valence-electron chi connectivity index (χ1n) is 10.3. The maximum absolute atomic E-state index is 13.0.